The van der Waals surface area contributed by atoms with Crippen LogP contribution in [0.3, 0.4) is 0 Å². The summed E-state index contributed by atoms with van der Waals surface area (Å²) < 4.78 is 58.0. The third kappa shape index (κ3) is 4.64. The fraction of sp³-hybridized carbons (Fsp3) is 0.583. The number of nitrogens with zero attached hydrogens (tertiary/aromatic N) is 2. The summed E-state index contributed by atoms with van der Waals surface area (Å²) in [4.78, 5) is 12.0. The van der Waals surface area contributed by atoms with Crippen molar-refractivity contribution in [2.45, 2.75) is 83.5 Å². The second kappa shape index (κ2) is 8.55. The van der Waals surface area contributed by atoms with E-state index in [1.165, 1.54) is 10.7 Å². The zero-order valence-electron chi connectivity index (χ0n) is 19.5. The molecule has 1 aromatic heterocycles. The summed E-state index contributed by atoms with van der Waals surface area (Å²) in [6.07, 6.45) is -1.82. The highest BCUT2D eigenvalue weighted by Crippen LogP contribution is 2.47. The molecule has 1 amide bonds. The van der Waals surface area contributed by atoms with Crippen molar-refractivity contribution >= 4 is 11.6 Å². The minimum absolute atomic E-state index is 0.0949. The summed E-state index contributed by atoms with van der Waals surface area (Å²) >= 11 is 0. The van der Waals surface area contributed by atoms with Crippen LogP contribution in [0.5, 0.6) is 0 Å². The Hall–Kier alpha value is -2.62. The van der Waals surface area contributed by atoms with Gasteiger partial charge < -0.3 is 16.2 Å². The minimum Gasteiger partial charge on any atom is -0.393 e. The molecule has 4 N–H and O–H groups in total. The van der Waals surface area contributed by atoms with Crippen LogP contribution in [0.4, 0.5) is 23.2 Å². The molecule has 1 aromatic carbocycles. The number of benzene rings is 1. The lowest BCUT2D eigenvalue weighted by atomic mass is 9.71. The molecule has 10 heteroatoms. The maximum absolute atomic E-state index is 15.1. The molecule has 1 atom stereocenters. The first-order chi connectivity index (χ1) is 15.8. The number of carbonyl (C=O) groups is 1. The molecule has 0 radical (unpaired) electrons. The number of aromatic nitrogens is 2. The fourth-order valence-electron chi connectivity index (χ4n) is 5.55. The normalized spacial score (nSPS) is 24.5. The number of nitrogens with two attached hydrogens (primary N) is 1. The zero-order valence-corrected chi connectivity index (χ0v) is 19.5. The van der Waals surface area contributed by atoms with E-state index in [4.69, 9.17) is 5.73 Å². The van der Waals surface area contributed by atoms with Crippen molar-refractivity contribution in [3.63, 3.8) is 0 Å². The first kappa shape index (κ1) is 24.5. The second-order valence-corrected chi connectivity index (χ2v) is 10.4. The Morgan fingerprint density at radius 2 is 1.88 bits per heavy atom. The van der Waals surface area contributed by atoms with Crippen LogP contribution in [0, 0.1) is 11.2 Å². The molecule has 0 bridgehead atoms. The van der Waals surface area contributed by atoms with Crippen LogP contribution >= 0.6 is 0 Å². The molecule has 4 rings (SSSR count). The van der Waals surface area contributed by atoms with Crippen molar-refractivity contribution in [1.82, 2.24) is 9.78 Å². The molecule has 1 unspecified atom stereocenters. The van der Waals surface area contributed by atoms with E-state index in [2.05, 4.69) is 10.4 Å². The number of alkyl halides is 3. The summed E-state index contributed by atoms with van der Waals surface area (Å²) in [7, 11) is 0. The number of halogens is 4. The Balaban J connectivity index is 1.85. The smallest absolute Gasteiger partial charge is 0.393 e. The Labute approximate surface area is 195 Å². The molecule has 2 aliphatic carbocycles. The van der Waals surface area contributed by atoms with E-state index in [0.717, 1.165) is 6.07 Å². The maximum atomic E-state index is 15.1. The lowest BCUT2D eigenvalue weighted by Crippen LogP contribution is -2.30. The molecule has 1 fully saturated rings. The van der Waals surface area contributed by atoms with Crippen molar-refractivity contribution < 1.29 is 27.5 Å². The van der Waals surface area contributed by atoms with E-state index >= 15 is 4.39 Å². The summed E-state index contributed by atoms with van der Waals surface area (Å²) in [6.45, 7) is 5.72. The maximum Gasteiger partial charge on any atom is 0.435 e. The highest BCUT2D eigenvalue weighted by molar-refractivity contribution is 5.99. The van der Waals surface area contributed by atoms with Crippen LogP contribution in [0.25, 0.3) is 5.69 Å². The molecule has 2 aromatic rings. The zero-order chi connectivity index (χ0) is 25.0. The summed E-state index contributed by atoms with van der Waals surface area (Å²) in [5.41, 5.74) is 4.61. The molecule has 6 nitrogen and oxygen atoms in total. The van der Waals surface area contributed by atoms with Crippen molar-refractivity contribution in [3.8, 4) is 5.69 Å². The average molecular weight is 483 g/mol. The highest BCUT2D eigenvalue weighted by Gasteiger charge is 2.44. The van der Waals surface area contributed by atoms with Crippen LogP contribution in [0.15, 0.2) is 12.1 Å². The van der Waals surface area contributed by atoms with E-state index in [9.17, 15) is 23.1 Å². The monoisotopic (exact) mass is 482 g/mol. The van der Waals surface area contributed by atoms with E-state index < -0.39 is 29.7 Å². The molecule has 34 heavy (non-hydrogen) atoms. The lowest BCUT2D eigenvalue weighted by molar-refractivity contribution is -0.142. The van der Waals surface area contributed by atoms with Gasteiger partial charge in [0.05, 0.1) is 23.0 Å². The Bertz CT molecular complexity index is 1100. The van der Waals surface area contributed by atoms with Gasteiger partial charge in [-0.15, -0.1) is 0 Å². The number of aliphatic hydroxyl groups is 1. The third-order valence-electron chi connectivity index (χ3n) is 6.91. The summed E-state index contributed by atoms with van der Waals surface area (Å²) in [6, 6.07) is 2.32. The molecule has 2 aliphatic rings. The van der Waals surface area contributed by atoms with Crippen molar-refractivity contribution in [3.05, 3.63) is 40.5 Å². The summed E-state index contributed by atoms with van der Waals surface area (Å²) in [5, 5.41) is 16.8. The van der Waals surface area contributed by atoms with Gasteiger partial charge in [0.25, 0.3) is 5.91 Å². The number of primary amides is 1. The molecule has 0 spiro atoms. The van der Waals surface area contributed by atoms with Gasteiger partial charge in [-0.1, -0.05) is 20.8 Å². The fourth-order valence-corrected chi connectivity index (χ4v) is 5.55. The predicted octanol–water partition coefficient (Wildman–Crippen LogP) is 4.92. The van der Waals surface area contributed by atoms with Gasteiger partial charge in [-0.05, 0) is 55.9 Å². The number of hydrogen-bond acceptors (Lipinski definition) is 4. The number of hydrogen-bond donors (Lipinski definition) is 3. The lowest BCUT2D eigenvalue weighted by Gasteiger charge is -2.34. The SMILES string of the molecule is CC1CC(C)(C)Cc2c1c(C(F)(F)F)nn2-c1cc(F)c(C(N)=O)c(NC2CCC(O)CC2)c1. The van der Waals surface area contributed by atoms with Crippen LogP contribution in [-0.2, 0) is 12.6 Å². The molecular formula is C24H30F4N4O2. The Morgan fingerprint density at radius 3 is 2.47 bits per heavy atom. The number of carbonyl (C=O) groups excluding carboxylic acids is 1. The molecular weight excluding hydrogens is 452 g/mol. The number of fused-ring (bicyclic) bond motifs is 1. The van der Waals surface area contributed by atoms with E-state index in [1.54, 1.807) is 6.92 Å². The quantitative estimate of drug-likeness (QED) is 0.540. The standard InChI is InChI=1S/C24H30F4N4O2/c1-12-10-23(2,3)11-18-19(12)21(24(26,27)28)31-32(18)14-8-16(25)20(22(29)34)17(9-14)30-13-4-6-15(33)7-5-13/h8-9,12-13,15,30,33H,4-7,10-11H2,1-3H3,(H2,29,34). The van der Waals surface area contributed by atoms with Crippen LogP contribution in [0.2, 0.25) is 0 Å². The second-order valence-electron chi connectivity index (χ2n) is 10.4. The van der Waals surface area contributed by atoms with Crippen LogP contribution in [0.1, 0.15) is 86.1 Å². The van der Waals surface area contributed by atoms with Gasteiger partial charge in [0.15, 0.2) is 5.69 Å². The number of rotatable bonds is 4. The molecule has 1 heterocycles. The largest absolute Gasteiger partial charge is 0.435 e. The van der Waals surface area contributed by atoms with Gasteiger partial charge in [-0.25, -0.2) is 9.07 Å². The first-order valence-electron chi connectivity index (χ1n) is 11.5. The van der Waals surface area contributed by atoms with Gasteiger partial charge in [-0.2, -0.15) is 18.3 Å². The van der Waals surface area contributed by atoms with Gasteiger partial charge in [0.2, 0.25) is 0 Å². The third-order valence-corrected chi connectivity index (χ3v) is 6.91. The van der Waals surface area contributed by atoms with Crippen molar-refractivity contribution in [2.24, 2.45) is 11.1 Å². The predicted molar refractivity (Wildman–Crippen MR) is 119 cm³/mol. The van der Waals surface area contributed by atoms with Crippen molar-refractivity contribution in [1.29, 1.82) is 0 Å². The number of aliphatic hydroxyl groups excluding tert-OH is 1. The Morgan fingerprint density at radius 1 is 1.24 bits per heavy atom. The van der Waals surface area contributed by atoms with E-state index in [1.807, 2.05) is 13.8 Å². The first-order valence-corrected chi connectivity index (χ1v) is 11.5. The van der Waals surface area contributed by atoms with Crippen LogP contribution < -0.4 is 11.1 Å². The topological polar surface area (TPSA) is 93.2 Å². The number of amides is 1. The Kier molecular flexibility index (Phi) is 6.16. The van der Waals surface area contributed by atoms with Gasteiger partial charge in [0, 0.05) is 23.4 Å². The highest BCUT2D eigenvalue weighted by atomic mass is 19.4. The molecule has 0 aliphatic heterocycles. The van der Waals surface area contributed by atoms with Gasteiger partial charge in [0.1, 0.15) is 5.82 Å². The van der Waals surface area contributed by atoms with Gasteiger partial charge >= 0.3 is 6.18 Å². The number of nitrogens with one attached hydrogen (secondary N) is 1. The van der Waals surface area contributed by atoms with E-state index in [0.29, 0.717) is 44.2 Å². The molecule has 1 saturated carbocycles. The molecule has 0 saturated heterocycles. The number of anilines is 1. The molecule has 186 valence electrons. The minimum atomic E-state index is -4.65. The van der Waals surface area contributed by atoms with E-state index in [-0.39, 0.29) is 39.9 Å². The van der Waals surface area contributed by atoms with Crippen molar-refractivity contribution in [2.75, 3.05) is 5.32 Å². The summed E-state index contributed by atoms with van der Waals surface area (Å²) in [5.74, 6) is -2.27. The van der Waals surface area contributed by atoms with Crippen LogP contribution in [-0.4, -0.2) is 32.9 Å². The van der Waals surface area contributed by atoms with Gasteiger partial charge in [-0.3, -0.25) is 4.79 Å². The average Bonchev–Trinajstić information content (AvgIpc) is 3.08.